The molecule has 0 radical (unpaired) electrons. The number of hydrogen-bond donors (Lipinski definition) is 1. The highest BCUT2D eigenvalue weighted by Gasteiger charge is 2.33. The molecule has 2 fully saturated rings. The third-order valence-electron chi connectivity index (χ3n) is 7.74. The maximum absolute atomic E-state index is 14.9. The number of rotatable bonds is 10. The van der Waals surface area contributed by atoms with Gasteiger partial charge in [0.15, 0.2) is 0 Å². The summed E-state index contributed by atoms with van der Waals surface area (Å²) in [6.45, 7) is 3.80. The third kappa shape index (κ3) is 5.96. The van der Waals surface area contributed by atoms with Crippen LogP contribution in [0.5, 0.6) is 0 Å². The first-order chi connectivity index (χ1) is 17.7. The van der Waals surface area contributed by atoms with Crippen molar-refractivity contribution in [3.05, 3.63) is 58.5 Å². The Balaban J connectivity index is 1.11. The van der Waals surface area contributed by atoms with Gasteiger partial charge in [0.2, 0.25) is 0 Å². The Morgan fingerprint density at radius 1 is 1.19 bits per heavy atom. The summed E-state index contributed by atoms with van der Waals surface area (Å²) in [6.07, 6.45) is 9.73. The molecule has 3 aliphatic rings. The summed E-state index contributed by atoms with van der Waals surface area (Å²) in [6, 6.07) is 8.95. The summed E-state index contributed by atoms with van der Waals surface area (Å²) in [4.78, 5) is 19.1. The number of nitrogens with zero attached hydrogens (tertiary/aromatic N) is 2. The van der Waals surface area contributed by atoms with E-state index in [1.54, 1.807) is 6.07 Å². The highest BCUT2D eigenvalue weighted by atomic mass is 19.1. The lowest BCUT2D eigenvalue weighted by atomic mass is 9.92. The molecule has 5 rings (SSSR count). The Morgan fingerprint density at radius 2 is 2.14 bits per heavy atom. The smallest absolute Gasteiger partial charge is 0.141 e. The second kappa shape index (κ2) is 12.3. The number of pyridine rings is 1. The van der Waals surface area contributed by atoms with Crippen molar-refractivity contribution in [1.82, 2.24) is 9.88 Å². The Kier molecular flexibility index (Phi) is 8.62. The van der Waals surface area contributed by atoms with E-state index in [2.05, 4.69) is 22.3 Å². The summed E-state index contributed by atoms with van der Waals surface area (Å²) in [7, 11) is 0. The first-order valence-corrected chi connectivity index (χ1v) is 13.7. The molecule has 1 aromatic carbocycles. The van der Waals surface area contributed by atoms with Gasteiger partial charge in [0.25, 0.3) is 0 Å². The number of halogens is 1. The lowest BCUT2D eigenvalue weighted by Crippen LogP contribution is -2.31. The molecular weight excluding hydrogens is 457 g/mol. The molecule has 0 aliphatic carbocycles. The standard InChI is InChI=1S/C29H38FN3O3/c30-25-10-5-9-24(28(25)27-11-2-4-18-36-27)26(20-34)33-16-14-23(19-33)35-17-3-1-8-22-13-12-21-7-6-15-31-29(21)32-22/h5,9-10,12-13,20,23,26-27H,1-4,6-8,11,14-19H2,(H,31,32)/t23-,26+,27-/m1/s1. The highest BCUT2D eigenvalue weighted by Crippen LogP contribution is 2.36. The van der Waals surface area contributed by atoms with E-state index in [9.17, 15) is 9.18 Å². The topological polar surface area (TPSA) is 63.7 Å². The van der Waals surface area contributed by atoms with Crippen molar-refractivity contribution < 1.29 is 18.7 Å². The van der Waals surface area contributed by atoms with E-state index in [1.165, 1.54) is 18.1 Å². The average molecular weight is 496 g/mol. The SMILES string of the molecule is O=C[C@@H](c1cccc(F)c1[C@H]1CCCCO1)N1CC[C@@H](OCCCCc2ccc3c(n2)NCCC3)C1. The van der Waals surface area contributed by atoms with Gasteiger partial charge in [-0.25, -0.2) is 9.37 Å². The molecule has 2 aromatic rings. The van der Waals surface area contributed by atoms with Gasteiger partial charge < -0.3 is 19.6 Å². The number of aromatic nitrogens is 1. The van der Waals surface area contributed by atoms with Crippen LogP contribution >= 0.6 is 0 Å². The van der Waals surface area contributed by atoms with Crippen LogP contribution in [0.2, 0.25) is 0 Å². The molecule has 0 bridgehead atoms. The third-order valence-corrected chi connectivity index (χ3v) is 7.74. The molecule has 36 heavy (non-hydrogen) atoms. The number of aldehydes is 1. The molecule has 0 spiro atoms. The van der Waals surface area contributed by atoms with E-state index in [0.29, 0.717) is 25.3 Å². The van der Waals surface area contributed by atoms with Gasteiger partial charge in [-0.05, 0) is 81.0 Å². The summed E-state index contributed by atoms with van der Waals surface area (Å²) in [5.74, 6) is 0.782. The lowest BCUT2D eigenvalue weighted by molar-refractivity contribution is -0.112. The number of likely N-dealkylation sites (tertiary alicyclic amines) is 1. The number of nitrogens with one attached hydrogen (secondary N) is 1. The molecule has 0 saturated carbocycles. The molecule has 0 unspecified atom stereocenters. The molecule has 2 saturated heterocycles. The molecule has 4 heterocycles. The van der Waals surface area contributed by atoms with E-state index < -0.39 is 6.04 Å². The second-order valence-electron chi connectivity index (χ2n) is 10.3. The zero-order valence-corrected chi connectivity index (χ0v) is 21.1. The van der Waals surface area contributed by atoms with Crippen LogP contribution in [0.3, 0.4) is 0 Å². The minimum Gasteiger partial charge on any atom is -0.377 e. The average Bonchev–Trinajstić information content (AvgIpc) is 3.38. The van der Waals surface area contributed by atoms with E-state index in [0.717, 1.165) is 87.8 Å². The first-order valence-electron chi connectivity index (χ1n) is 13.7. The van der Waals surface area contributed by atoms with Gasteiger partial charge in [0.05, 0.1) is 18.2 Å². The van der Waals surface area contributed by atoms with E-state index in [-0.39, 0.29) is 18.0 Å². The Hall–Kier alpha value is -2.35. The zero-order valence-electron chi connectivity index (χ0n) is 21.1. The number of unbranched alkanes of at least 4 members (excludes halogenated alkanes) is 1. The maximum Gasteiger partial charge on any atom is 0.141 e. The molecule has 1 N–H and O–H groups in total. The first kappa shape index (κ1) is 25.3. The summed E-state index contributed by atoms with van der Waals surface area (Å²) in [5.41, 5.74) is 3.76. The van der Waals surface area contributed by atoms with Crippen molar-refractivity contribution in [1.29, 1.82) is 0 Å². The summed E-state index contributed by atoms with van der Waals surface area (Å²) in [5, 5.41) is 3.40. The monoisotopic (exact) mass is 495 g/mol. The van der Waals surface area contributed by atoms with Crippen molar-refractivity contribution in [2.75, 3.05) is 38.2 Å². The quantitative estimate of drug-likeness (QED) is 0.362. The van der Waals surface area contributed by atoms with Crippen LogP contribution in [0.1, 0.15) is 79.5 Å². The number of carbonyl (C=O) groups is 1. The molecule has 1 aromatic heterocycles. The molecule has 6 nitrogen and oxygen atoms in total. The van der Waals surface area contributed by atoms with Crippen LogP contribution in [0.25, 0.3) is 0 Å². The van der Waals surface area contributed by atoms with Gasteiger partial charge in [-0.3, -0.25) is 4.90 Å². The molecular formula is C29H38FN3O3. The molecule has 3 atom stereocenters. The van der Waals surface area contributed by atoms with Gasteiger partial charge in [-0.2, -0.15) is 0 Å². The Bertz CT molecular complexity index is 1030. The fraction of sp³-hybridized carbons (Fsp3) is 0.586. The van der Waals surface area contributed by atoms with Gasteiger partial charge >= 0.3 is 0 Å². The summed E-state index contributed by atoms with van der Waals surface area (Å²) < 4.78 is 27.0. The fourth-order valence-corrected chi connectivity index (χ4v) is 5.78. The highest BCUT2D eigenvalue weighted by molar-refractivity contribution is 5.63. The number of hydrogen-bond acceptors (Lipinski definition) is 6. The minimum absolute atomic E-state index is 0.0986. The maximum atomic E-state index is 14.9. The molecule has 194 valence electrons. The van der Waals surface area contributed by atoms with E-state index in [1.807, 2.05) is 6.07 Å². The van der Waals surface area contributed by atoms with E-state index in [4.69, 9.17) is 14.5 Å². The fourth-order valence-electron chi connectivity index (χ4n) is 5.78. The van der Waals surface area contributed by atoms with E-state index >= 15 is 0 Å². The summed E-state index contributed by atoms with van der Waals surface area (Å²) >= 11 is 0. The molecule has 3 aliphatic heterocycles. The number of ether oxygens (including phenoxy) is 2. The van der Waals surface area contributed by atoms with Crippen molar-refractivity contribution >= 4 is 12.1 Å². The van der Waals surface area contributed by atoms with Gasteiger partial charge in [-0.1, -0.05) is 18.2 Å². The van der Waals surface area contributed by atoms with Crippen LogP contribution in [0.15, 0.2) is 30.3 Å². The normalized spacial score (nSPS) is 23.1. The predicted molar refractivity (Wildman–Crippen MR) is 138 cm³/mol. The van der Waals surface area contributed by atoms with Crippen molar-refractivity contribution in [3.8, 4) is 0 Å². The van der Waals surface area contributed by atoms with Crippen molar-refractivity contribution in [2.24, 2.45) is 0 Å². The van der Waals surface area contributed by atoms with Crippen LogP contribution in [0, 0.1) is 5.82 Å². The van der Waals surface area contributed by atoms with Crippen LogP contribution in [-0.4, -0.2) is 55.1 Å². The number of benzene rings is 1. The number of anilines is 1. The van der Waals surface area contributed by atoms with Crippen molar-refractivity contribution in [2.45, 2.75) is 76.0 Å². The van der Waals surface area contributed by atoms with Gasteiger partial charge in [0.1, 0.15) is 17.9 Å². The number of aryl methyl sites for hydroxylation is 2. The second-order valence-corrected chi connectivity index (χ2v) is 10.3. The number of fused-ring (bicyclic) bond motifs is 1. The van der Waals surface area contributed by atoms with Crippen molar-refractivity contribution in [3.63, 3.8) is 0 Å². The molecule has 0 amide bonds. The van der Waals surface area contributed by atoms with Crippen LogP contribution in [0.4, 0.5) is 10.2 Å². The van der Waals surface area contributed by atoms with Crippen LogP contribution < -0.4 is 5.32 Å². The van der Waals surface area contributed by atoms with Gasteiger partial charge in [-0.15, -0.1) is 0 Å². The predicted octanol–water partition coefficient (Wildman–Crippen LogP) is 5.17. The number of carbonyl (C=O) groups excluding carboxylic acids is 1. The Labute approximate surface area is 213 Å². The van der Waals surface area contributed by atoms with Crippen LogP contribution in [-0.2, 0) is 27.1 Å². The largest absolute Gasteiger partial charge is 0.377 e. The zero-order chi connectivity index (χ0) is 24.7. The Morgan fingerprint density at radius 3 is 3.00 bits per heavy atom. The van der Waals surface area contributed by atoms with Gasteiger partial charge in [0, 0.05) is 44.1 Å². The minimum atomic E-state index is -0.474. The lowest BCUT2D eigenvalue weighted by Gasteiger charge is -2.30. The molecule has 7 heteroatoms.